The minimum absolute atomic E-state index is 0. The molecule has 3 N–H and O–H groups in total. The third-order valence-electron chi connectivity index (χ3n) is 8.11. The molecule has 0 saturated carbocycles. The third-order valence-corrected chi connectivity index (χ3v) is 8.11. The number of carboxylic acids is 1. The number of aliphatic hydroxyl groups is 2. The Kier molecular flexibility index (Phi) is 10.8. The van der Waals surface area contributed by atoms with E-state index in [4.69, 9.17) is 0 Å². The van der Waals surface area contributed by atoms with Gasteiger partial charge in [-0.2, -0.15) is 0 Å². The summed E-state index contributed by atoms with van der Waals surface area (Å²) in [4.78, 5) is 13.9. The van der Waals surface area contributed by atoms with E-state index in [1.165, 1.54) is 0 Å². The molecule has 1 fully saturated rings. The number of benzene rings is 3. The van der Waals surface area contributed by atoms with Gasteiger partial charge >= 0.3 is 35.5 Å². The van der Waals surface area contributed by atoms with Crippen molar-refractivity contribution in [2.24, 2.45) is 5.92 Å². The minimum Gasteiger partial charge on any atom is -1.00 e. The number of aliphatic carboxylic acids is 1. The summed E-state index contributed by atoms with van der Waals surface area (Å²) >= 11 is 0. The zero-order valence-corrected chi connectivity index (χ0v) is 24.9. The Morgan fingerprint density at radius 2 is 1.39 bits per heavy atom. The summed E-state index contributed by atoms with van der Waals surface area (Å²) in [5, 5.41) is 32.2. The fourth-order valence-electron chi connectivity index (χ4n) is 5.52. The van der Waals surface area contributed by atoms with E-state index in [-0.39, 0.29) is 36.9 Å². The van der Waals surface area contributed by atoms with Crippen LogP contribution in [0, 0.1) is 5.92 Å². The van der Waals surface area contributed by atoms with Gasteiger partial charge in [0, 0.05) is 0 Å². The molecule has 1 atom stereocenters. The Labute approximate surface area is 250 Å². The van der Waals surface area contributed by atoms with E-state index >= 15 is 0 Å². The first-order chi connectivity index (χ1) is 17.7. The maximum atomic E-state index is 12.1. The van der Waals surface area contributed by atoms with Crippen molar-refractivity contribution >= 4 is 5.97 Å². The first-order valence-electron chi connectivity index (χ1n) is 13.3. The second kappa shape index (κ2) is 13.4. The van der Waals surface area contributed by atoms with Gasteiger partial charge in [-0.05, 0) is 87.3 Å². The van der Waals surface area contributed by atoms with Crippen LogP contribution < -0.4 is 29.6 Å². The molecule has 0 spiro atoms. The zero-order chi connectivity index (χ0) is 26.5. The molecular formula is C32H40NNaO4. The summed E-state index contributed by atoms with van der Waals surface area (Å²) in [5.41, 5.74) is 1.47. The number of rotatable bonds is 10. The fraction of sp³-hybridized carbons (Fsp3) is 0.406. The normalized spacial score (nSPS) is 16.0. The van der Waals surface area contributed by atoms with Crippen molar-refractivity contribution in [3.8, 4) is 0 Å². The van der Waals surface area contributed by atoms with E-state index in [0.29, 0.717) is 6.42 Å². The van der Waals surface area contributed by atoms with Crippen LogP contribution in [0.5, 0.6) is 0 Å². The van der Waals surface area contributed by atoms with Gasteiger partial charge in [0.05, 0.1) is 11.5 Å². The molecule has 0 aliphatic carbocycles. The summed E-state index contributed by atoms with van der Waals surface area (Å²) in [6.45, 7) is 6.11. The Bertz CT molecular complexity index is 1110. The Morgan fingerprint density at radius 1 is 0.895 bits per heavy atom. The van der Waals surface area contributed by atoms with Crippen molar-refractivity contribution in [1.82, 2.24) is 4.90 Å². The molecule has 198 valence electrons. The second-order valence-electron chi connectivity index (χ2n) is 10.8. The van der Waals surface area contributed by atoms with Gasteiger partial charge in [-0.15, -0.1) is 0 Å². The average molecular weight is 526 g/mol. The van der Waals surface area contributed by atoms with E-state index in [9.17, 15) is 20.1 Å². The number of carbonyl (C=O) groups is 1. The van der Waals surface area contributed by atoms with E-state index < -0.39 is 23.1 Å². The maximum Gasteiger partial charge on any atom is 1.00 e. The van der Waals surface area contributed by atoms with Crippen molar-refractivity contribution in [2.75, 3.05) is 19.6 Å². The van der Waals surface area contributed by atoms with Gasteiger partial charge in [0.2, 0.25) is 0 Å². The maximum absolute atomic E-state index is 12.1. The summed E-state index contributed by atoms with van der Waals surface area (Å²) in [7, 11) is 0. The van der Waals surface area contributed by atoms with Gasteiger partial charge in [-0.25, -0.2) is 0 Å². The largest absolute Gasteiger partial charge is 1.00 e. The van der Waals surface area contributed by atoms with E-state index in [1.807, 2.05) is 72.8 Å². The molecule has 1 aliphatic heterocycles. The Hall–Kier alpha value is -1.99. The average Bonchev–Trinajstić information content (AvgIpc) is 2.94. The summed E-state index contributed by atoms with van der Waals surface area (Å²) in [6, 6.07) is 27.3. The second-order valence-corrected chi connectivity index (χ2v) is 10.8. The van der Waals surface area contributed by atoms with E-state index in [0.717, 1.165) is 61.2 Å². The van der Waals surface area contributed by atoms with Crippen LogP contribution in [0.4, 0.5) is 0 Å². The Morgan fingerprint density at radius 3 is 1.87 bits per heavy atom. The third kappa shape index (κ3) is 6.77. The summed E-state index contributed by atoms with van der Waals surface area (Å²) < 4.78 is 0. The Balaban J connectivity index is 0.00000267. The van der Waals surface area contributed by atoms with Crippen LogP contribution in [0.1, 0.15) is 69.3 Å². The molecule has 3 aromatic carbocycles. The molecule has 0 bridgehead atoms. The fourth-order valence-corrected chi connectivity index (χ4v) is 5.52. The van der Waals surface area contributed by atoms with Crippen LogP contribution >= 0.6 is 0 Å². The zero-order valence-electron chi connectivity index (χ0n) is 23.9. The number of carboxylic acid groups (broad SMARTS) is 1. The van der Waals surface area contributed by atoms with Crippen molar-refractivity contribution in [3.05, 3.63) is 107 Å². The minimum atomic E-state index is -1.01. The summed E-state index contributed by atoms with van der Waals surface area (Å²) in [6.07, 6.45) is 2.77. The summed E-state index contributed by atoms with van der Waals surface area (Å²) in [5.74, 6) is -0.733. The SMILES string of the molecule is CC(C)(C(=O)O)c1ccc(C(O)CCCN2CCC(C(O)(c3ccccc3)c3ccccc3)CC2)cc1.[H-].[Na+]. The molecule has 0 aromatic heterocycles. The standard InChI is InChI=1S/C32H39NO4.Na.H/c1-31(2,30(35)36)25-17-15-24(16-18-25)29(34)14-9-21-33-22-19-28(20-23-33)32(37,26-10-5-3-6-11-26)27-12-7-4-8-13-27;;/h3-8,10-13,15-18,28-29,34,37H,9,14,19-23H2,1-2H3,(H,35,36);;/q;+1;-1. The van der Waals surface area contributed by atoms with Crippen molar-refractivity contribution in [2.45, 2.75) is 56.7 Å². The quantitative estimate of drug-likeness (QED) is 0.355. The van der Waals surface area contributed by atoms with Crippen LogP contribution in [0.25, 0.3) is 0 Å². The molecule has 1 heterocycles. The molecule has 1 unspecified atom stereocenters. The predicted octanol–water partition coefficient (Wildman–Crippen LogP) is 2.63. The monoisotopic (exact) mass is 525 g/mol. The molecule has 1 aliphatic rings. The molecule has 3 aromatic rings. The molecule has 1 saturated heterocycles. The smallest absolute Gasteiger partial charge is 1.00 e. The van der Waals surface area contributed by atoms with Crippen molar-refractivity contribution in [1.29, 1.82) is 0 Å². The van der Waals surface area contributed by atoms with Crippen molar-refractivity contribution in [3.63, 3.8) is 0 Å². The van der Waals surface area contributed by atoms with Crippen molar-refractivity contribution < 1.29 is 51.1 Å². The topological polar surface area (TPSA) is 81.0 Å². The van der Waals surface area contributed by atoms with Crippen LogP contribution in [-0.4, -0.2) is 45.8 Å². The number of nitrogens with zero attached hydrogens (tertiary/aromatic N) is 1. The molecule has 6 heteroatoms. The van der Waals surface area contributed by atoms with Gasteiger partial charge < -0.3 is 21.6 Å². The molecule has 4 rings (SSSR count). The van der Waals surface area contributed by atoms with E-state index in [1.54, 1.807) is 26.0 Å². The van der Waals surface area contributed by atoms with E-state index in [2.05, 4.69) is 4.90 Å². The number of piperidine rings is 1. The first-order valence-corrected chi connectivity index (χ1v) is 13.3. The predicted molar refractivity (Wildman–Crippen MR) is 147 cm³/mol. The first kappa shape index (κ1) is 30.6. The van der Waals surface area contributed by atoms with Gasteiger partial charge in [0.1, 0.15) is 5.60 Å². The van der Waals surface area contributed by atoms with Crippen LogP contribution in [0.3, 0.4) is 0 Å². The number of hydrogen-bond donors (Lipinski definition) is 3. The molecule has 0 amide bonds. The van der Waals surface area contributed by atoms with Gasteiger partial charge in [0.25, 0.3) is 0 Å². The van der Waals surface area contributed by atoms with Gasteiger partial charge in [-0.3, -0.25) is 4.79 Å². The molecule has 38 heavy (non-hydrogen) atoms. The number of likely N-dealkylation sites (tertiary alicyclic amines) is 1. The number of hydrogen-bond acceptors (Lipinski definition) is 4. The van der Waals surface area contributed by atoms with Gasteiger partial charge in [-0.1, -0.05) is 84.9 Å². The van der Waals surface area contributed by atoms with Crippen LogP contribution in [0.15, 0.2) is 84.9 Å². The molecule has 0 radical (unpaired) electrons. The number of aliphatic hydroxyl groups excluding tert-OH is 1. The molecule has 5 nitrogen and oxygen atoms in total. The van der Waals surface area contributed by atoms with Crippen LogP contribution in [0.2, 0.25) is 0 Å². The molecular weight excluding hydrogens is 485 g/mol. The van der Waals surface area contributed by atoms with Crippen LogP contribution in [-0.2, 0) is 15.8 Å². The van der Waals surface area contributed by atoms with Gasteiger partial charge in [0.15, 0.2) is 0 Å².